The Morgan fingerprint density at radius 3 is 2.53 bits per heavy atom. The Morgan fingerprint density at radius 2 is 1.87 bits per heavy atom. The van der Waals surface area contributed by atoms with Gasteiger partial charge in [-0.05, 0) is 48.7 Å². The number of aromatic nitrogens is 1. The molecule has 2 aromatic rings. The van der Waals surface area contributed by atoms with E-state index in [1.165, 1.54) is 25.3 Å². The highest BCUT2D eigenvalue weighted by Crippen LogP contribution is 2.28. The Morgan fingerprint density at radius 1 is 1.13 bits per heavy atom. The predicted molar refractivity (Wildman–Crippen MR) is 109 cm³/mol. The van der Waals surface area contributed by atoms with Crippen LogP contribution in [0.15, 0.2) is 47.6 Å². The van der Waals surface area contributed by atoms with Gasteiger partial charge in [0.05, 0.1) is 7.11 Å². The monoisotopic (exact) mass is 432 g/mol. The molecule has 3 N–H and O–H groups in total. The van der Waals surface area contributed by atoms with Crippen molar-refractivity contribution in [2.45, 2.75) is 36.7 Å². The minimum absolute atomic E-state index is 0.0668. The fraction of sp³-hybridized carbons (Fsp3) is 0.350. The van der Waals surface area contributed by atoms with Crippen molar-refractivity contribution in [2.75, 3.05) is 13.7 Å². The summed E-state index contributed by atoms with van der Waals surface area (Å²) >= 11 is 0. The number of pyridine rings is 1. The van der Waals surface area contributed by atoms with Gasteiger partial charge in [-0.3, -0.25) is 14.6 Å². The van der Waals surface area contributed by atoms with Crippen LogP contribution in [0.2, 0.25) is 0 Å². The molecule has 1 aromatic heterocycles. The molecule has 3 rings (SSSR count). The Labute approximate surface area is 175 Å². The molecule has 0 saturated heterocycles. The van der Waals surface area contributed by atoms with Crippen LogP contribution in [0.4, 0.5) is 0 Å². The second-order valence-corrected chi connectivity index (χ2v) is 8.58. The number of sulfonamides is 1. The molecule has 0 radical (unpaired) electrons. The lowest BCUT2D eigenvalue weighted by atomic mass is 10.2. The molecule has 160 valence electrons. The summed E-state index contributed by atoms with van der Waals surface area (Å²) < 4.78 is 32.8. The largest absolute Gasteiger partial charge is 0.495 e. The molecule has 9 nitrogen and oxygen atoms in total. The Balaban J connectivity index is 1.54. The molecule has 0 aliphatic heterocycles. The van der Waals surface area contributed by atoms with E-state index in [1.54, 1.807) is 24.5 Å². The molecular weight excluding hydrogens is 408 g/mol. The van der Waals surface area contributed by atoms with E-state index in [0.717, 1.165) is 18.4 Å². The molecule has 1 aromatic carbocycles. The SMILES string of the molecule is COc1ccc(C(=O)NCCC(=O)NCc2ccncc2)cc1S(=O)(=O)NC1CC1. The molecule has 1 fully saturated rings. The number of amides is 2. The summed E-state index contributed by atoms with van der Waals surface area (Å²) in [7, 11) is -2.42. The summed E-state index contributed by atoms with van der Waals surface area (Å²) in [6, 6.07) is 7.74. The van der Waals surface area contributed by atoms with Crippen LogP contribution in [0, 0.1) is 0 Å². The maximum atomic E-state index is 12.5. The molecule has 10 heteroatoms. The normalized spacial score (nSPS) is 13.5. The summed E-state index contributed by atoms with van der Waals surface area (Å²) in [6.45, 7) is 0.498. The molecule has 1 aliphatic rings. The first kappa shape index (κ1) is 21.7. The molecule has 2 amide bonds. The van der Waals surface area contributed by atoms with Gasteiger partial charge in [-0.15, -0.1) is 0 Å². The highest BCUT2D eigenvalue weighted by Gasteiger charge is 2.30. The van der Waals surface area contributed by atoms with E-state index < -0.39 is 15.9 Å². The minimum Gasteiger partial charge on any atom is -0.495 e. The van der Waals surface area contributed by atoms with Crippen molar-refractivity contribution in [3.05, 3.63) is 53.9 Å². The average molecular weight is 433 g/mol. The highest BCUT2D eigenvalue weighted by atomic mass is 32.2. The number of rotatable bonds is 10. The van der Waals surface area contributed by atoms with E-state index in [0.29, 0.717) is 6.54 Å². The smallest absolute Gasteiger partial charge is 0.251 e. The van der Waals surface area contributed by atoms with Gasteiger partial charge in [0.1, 0.15) is 10.6 Å². The Bertz CT molecular complexity index is 1010. The number of hydrogen-bond acceptors (Lipinski definition) is 6. The maximum absolute atomic E-state index is 12.5. The quantitative estimate of drug-likeness (QED) is 0.513. The van der Waals surface area contributed by atoms with Gasteiger partial charge in [0.2, 0.25) is 15.9 Å². The summed E-state index contributed by atoms with van der Waals surface area (Å²) in [4.78, 5) is 28.2. The highest BCUT2D eigenvalue weighted by molar-refractivity contribution is 7.89. The molecule has 30 heavy (non-hydrogen) atoms. The third-order valence-electron chi connectivity index (χ3n) is 4.49. The van der Waals surface area contributed by atoms with Crippen LogP contribution in [0.25, 0.3) is 0 Å². The van der Waals surface area contributed by atoms with Crippen LogP contribution in [0.5, 0.6) is 5.75 Å². The maximum Gasteiger partial charge on any atom is 0.251 e. The third-order valence-corrected chi connectivity index (χ3v) is 6.03. The van der Waals surface area contributed by atoms with Crippen LogP contribution < -0.4 is 20.1 Å². The third kappa shape index (κ3) is 6.01. The summed E-state index contributed by atoms with van der Waals surface area (Å²) in [5.74, 6) is -0.517. The summed E-state index contributed by atoms with van der Waals surface area (Å²) in [6.07, 6.45) is 4.98. The topological polar surface area (TPSA) is 126 Å². The van der Waals surface area contributed by atoms with Crippen LogP contribution in [0.1, 0.15) is 35.2 Å². The number of benzene rings is 1. The average Bonchev–Trinajstić information content (AvgIpc) is 3.55. The number of carbonyl (C=O) groups excluding carboxylic acids is 2. The summed E-state index contributed by atoms with van der Waals surface area (Å²) in [5.41, 5.74) is 1.10. The number of nitrogens with zero attached hydrogens (tertiary/aromatic N) is 1. The molecule has 0 atom stereocenters. The first-order valence-electron chi connectivity index (χ1n) is 9.53. The lowest BCUT2D eigenvalue weighted by Crippen LogP contribution is -2.31. The number of nitrogens with one attached hydrogen (secondary N) is 3. The molecule has 1 heterocycles. The standard InChI is InChI=1S/C20H24N4O5S/c1-29-17-5-2-15(12-18(17)30(27,28)24-16-3-4-16)20(26)22-11-8-19(25)23-13-14-6-9-21-10-7-14/h2,5-7,9-10,12,16,24H,3-4,8,11,13H2,1H3,(H,22,26)(H,23,25). The molecule has 1 saturated carbocycles. The minimum atomic E-state index is -3.79. The van der Waals surface area contributed by atoms with Crippen LogP contribution in [-0.4, -0.2) is 44.9 Å². The zero-order valence-electron chi connectivity index (χ0n) is 16.6. The number of carbonyl (C=O) groups is 2. The molecular formula is C20H24N4O5S. The van der Waals surface area contributed by atoms with E-state index in [1.807, 2.05) is 0 Å². The van der Waals surface area contributed by atoms with E-state index in [-0.39, 0.29) is 41.1 Å². The molecule has 0 spiro atoms. The molecule has 0 bridgehead atoms. The molecule has 1 aliphatic carbocycles. The van der Waals surface area contributed by atoms with Gasteiger partial charge in [0.15, 0.2) is 0 Å². The Hall–Kier alpha value is -2.98. The van der Waals surface area contributed by atoms with Gasteiger partial charge in [0.25, 0.3) is 5.91 Å². The fourth-order valence-corrected chi connectivity index (χ4v) is 4.19. The lowest BCUT2D eigenvalue weighted by molar-refractivity contribution is -0.121. The van der Waals surface area contributed by atoms with Crippen molar-refractivity contribution < 1.29 is 22.7 Å². The first-order valence-corrected chi connectivity index (χ1v) is 11.0. The van der Waals surface area contributed by atoms with Crippen molar-refractivity contribution in [1.82, 2.24) is 20.3 Å². The van der Waals surface area contributed by atoms with Gasteiger partial charge in [-0.25, -0.2) is 13.1 Å². The predicted octanol–water partition coefficient (Wildman–Crippen LogP) is 0.967. The van der Waals surface area contributed by atoms with Crippen molar-refractivity contribution in [3.8, 4) is 5.75 Å². The van der Waals surface area contributed by atoms with Crippen molar-refractivity contribution in [1.29, 1.82) is 0 Å². The Kier molecular flexibility index (Phi) is 7.01. The zero-order chi connectivity index (χ0) is 21.6. The van der Waals surface area contributed by atoms with Crippen molar-refractivity contribution in [2.24, 2.45) is 0 Å². The van der Waals surface area contributed by atoms with Crippen molar-refractivity contribution >= 4 is 21.8 Å². The lowest BCUT2D eigenvalue weighted by Gasteiger charge is -2.12. The van der Waals surface area contributed by atoms with E-state index >= 15 is 0 Å². The van der Waals surface area contributed by atoms with E-state index in [9.17, 15) is 18.0 Å². The number of ether oxygens (including phenoxy) is 1. The van der Waals surface area contributed by atoms with Gasteiger partial charge >= 0.3 is 0 Å². The number of hydrogen-bond donors (Lipinski definition) is 3. The van der Waals surface area contributed by atoms with Crippen LogP contribution in [-0.2, 0) is 21.4 Å². The van der Waals surface area contributed by atoms with E-state index in [2.05, 4.69) is 20.3 Å². The van der Waals surface area contributed by atoms with Gasteiger partial charge < -0.3 is 15.4 Å². The van der Waals surface area contributed by atoms with Gasteiger partial charge in [0, 0.05) is 43.5 Å². The van der Waals surface area contributed by atoms with Crippen LogP contribution in [0.3, 0.4) is 0 Å². The number of methoxy groups -OCH3 is 1. The van der Waals surface area contributed by atoms with Gasteiger partial charge in [-0.2, -0.15) is 0 Å². The summed E-state index contributed by atoms with van der Waals surface area (Å²) in [5, 5.41) is 5.39. The molecule has 0 unspecified atom stereocenters. The van der Waals surface area contributed by atoms with Gasteiger partial charge in [-0.1, -0.05) is 0 Å². The van der Waals surface area contributed by atoms with Crippen molar-refractivity contribution in [3.63, 3.8) is 0 Å². The van der Waals surface area contributed by atoms with Crippen LogP contribution >= 0.6 is 0 Å². The first-order chi connectivity index (χ1) is 14.4. The second kappa shape index (κ2) is 9.68. The van der Waals surface area contributed by atoms with E-state index in [4.69, 9.17) is 4.74 Å². The fourth-order valence-electron chi connectivity index (χ4n) is 2.69. The zero-order valence-corrected chi connectivity index (χ0v) is 17.4. The second-order valence-electron chi connectivity index (χ2n) is 6.90.